The molecule has 2 heterocycles. The molecular formula is C24H29F2N3O4. The van der Waals surface area contributed by atoms with Crippen LogP contribution in [0.1, 0.15) is 44.7 Å². The fourth-order valence-electron chi connectivity index (χ4n) is 3.65. The van der Waals surface area contributed by atoms with E-state index in [0.717, 1.165) is 17.9 Å². The number of benzene rings is 1. The highest BCUT2D eigenvalue weighted by molar-refractivity contribution is 5.80. The van der Waals surface area contributed by atoms with Crippen molar-refractivity contribution in [3.8, 4) is 11.5 Å². The van der Waals surface area contributed by atoms with Crippen LogP contribution in [-0.4, -0.2) is 25.8 Å². The van der Waals surface area contributed by atoms with Gasteiger partial charge in [0.1, 0.15) is 17.1 Å². The van der Waals surface area contributed by atoms with Gasteiger partial charge in [0.05, 0.1) is 11.6 Å². The molecule has 0 bridgehead atoms. The van der Waals surface area contributed by atoms with Gasteiger partial charge in [0, 0.05) is 38.2 Å². The number of aromatic nitrogens is 3. The molecule has 0 aliphatic heterocycles. The smallest absolute Gasteiger partial charge is 0.332 e. The third-order valence-corrected chi connectivity index (χ3v) is 5.50. The van der Waals surface area contributed by atoms with Crippen molar-refractivity contribution in [1.29, 1.82) is 0 Å². The van der Waals surface area contributed by atoms with Crippen LogP contribution in [0.3, 0.4) is 0 Å². The molecule has 0 saturated heterocycles. The van der Waals surface area contributed by atoms with Gasteiger partial charge in [-0.05, 0) is 37.3 Å². The molecule has 0 saturated carbocycles. The van der Waals surface area contributed by atoms with Crippen molar-refractivity contribution in [2.75, 3.05) is 6.61 Å². The summed E-state index contributed by atoms with van der Waals surface area (Å²) >= 11 is 0. The number of aliphatic hydroxyl groups excluding tert-OH is 1. The average molecular weight is 462 g/mol. The van der Waals surface area contributed by atoms with Gasteiger partial charge >= 0.3 is 5.69 Å². The quantitative estimate of drug-likeness (QED) is 0.521. The molecular weight excluding hydrogens is 432 g/mol. The number of pyridine rings is 1. The summed E-state index contributed by atoms with van der Waals surface area (Å²) in [5.41, 5.74) is -0.418. The van der Waals surface area contributed by atoms with Crippen molar-refractivity contribution >= 4 is 11.0 Å². The normalized spacial score (nSPS) is 12.0. The molecule has 0 unspecified atom stereocenters. The summed E-state index contributed by atoms with van der Waals surface area (Å²) in [4.78, 5) is 30.3. The van der Waals surface area contributed by atoms with Crippen LogP contribution >= 0.6 is 0 Å². The van der Waals surface area contributed by atoms with E-state index in [0.29, 0.717) is 17.9 Å². The van der Waals surface area contributed by atoms with Crippen LogP contribution in [-0.2, 0) is 25.9 Å². The van der Waals surface area contributed by atoms with Gasteiger partial charge in [-0.25, -0.2) is 18.6 Å². The van der Waals surface area contributed by atoms with Crippen LogP contribution in [0.5, 0.6) is 11.5 Å². The van der Waals surface area contributed by atoms with Gasteiger partial charge in [-0.1, -0.05) is 26.0 Å². The van der Waals surface area contributed by atoms with Gasteiger partial charge in [-0.2, -0.15) is 0 Å². The summed E-state index contributed by atoms with van der Waals surface area (Å²) in [6.45, 7) is 4.82. The molecule has 2 aromatic heterocycles. The van der Waals surface area contributed by atoms with Crippen molar-refractivity contribution in [2.24, 2.45) is 13.0 Å². The Hall–Kier alpha value is -3.07. The highest BCUT2D eigenvalue weighted by Crippen LogP contribution is 2.33. The first-order valence-electron chi connectivity index (χ1n) is 10.9. The predicted octanol–water partition coefficient (Wildman–Crippen LogP) is 3.97. The van der Waals surface area contributed by atoms with Gasteiger partial charge in [0.25, 0.3) is 11.5 Å². The maximum atomic E-state index is 13.8. The summed E-state index contributed by atoms with van der Waals surface area (Å²) in [6.07, 6.45) is 2.89. The van der Waals surface area contributed by atoms with E-state index < -0.39 is 17.2 Å². The molecule has 0 spiro atoms. The molecule has 9 heteroatoms. The summed E-state index contributed by atoms with van der Waals surface area (Å²) < 4.78 is 35.9. The second kappa shape index (κ2) is 9.82. The number of aliphatic hydroxyl groups is 1. The minimum atomic E-state index is -3.03. The Labute approximate surface area is 190 Å². The minimum Gasteiger partial charge on any atom is -0.455 e. The van der Waals surface area contributed by atoms with Crippen molar-refractivity contribution in [2.45, 2.75) is 52.5 Å². The molecule has 0 amide bonds. The number of nitrogens with zero attached hydrogens (tertiary/aromatic N) is 3. The van der Waals surface area contributed by atoms with Gasteiger partial charge in [-0.15, -0.1) is 0 Å². The minimum absolute atomic E-state index is 0.0697. The van der Waals surface area contributed by atoms with Crippen molar-refractivity contribution in [3.63, 3.8) is 0 Å². The van der Waals surface area contributed by atoms with Crippen molar-refractivity contribution < 1.29 is 18.6 Å². The Morgan fingerprint density at radius 2 is 1.97 bits per heavy atom. The number of alkyl halides is 2. The topological polar surface area (TPSA) is 86.3 Å². The second-order valence-electron chi connectivity index (χ2n) is 8.63. The van der Waals surface area contributed by atoms with E-state index in [1.807, 2.05) is 13.8 Å². The van der Waals surface area contributed by atoms with Gasteiger partial charge in [0.2, 0.25) is 0 Å². The van der Waals surface area contributed by atoms with E-state index in [4.69, 9.17) is 9.84 Å². The summed E-state index contributed by atoms with van der Waals surface area (Å²) in [5, 5.41) is 9.42. The summed E-state index contributed by atoms with van der Waals surface area (Å²) in [5.74, 6) is -2.22. The number of ether oxygens (including phenoxy) is 1. The van der Waals surface area contributed by atoms with E-state index in [-0.39, 0.29) is 47.7 Å². The fourth-order valence-corrected chi connectivity index (χ4v) is 3.65. The first-order chi connectivity index (χ1) is 15.5. The molecule has 3 rings (SSSR count). The lowest BCUT2D eigenvalue weighted by Crippen LogP contribution is -2.40. The Balaban J connectivity index is 2.22. The Kier molecular flexibility index (Phi) is 7.31. The van der Waals surface area contributed by atoms with Crippen LogP contribution in [0.2, 0.25) is 0 Å². The zero-order valence-corrected chi connectivity index (χ0v) is 19.3. The molecule has 3 aromatic rings. The molecule has 1 aromatic carbocycles. The summed E-state index contributed by atoms with van der Waals surface area (Å²) in [6, 6.07) is 5.62. The zero-order chi connectivity index (χ0) is 24.3. The van der Waals surface area contributed by atoms with E-state index in [1.54, 1.807) is 6.07 Å². The number of fused-ring (bicyclic) bond motifs is 1. The first-order valence-corrected chi connectivity index (χ1v) is 10.9. The van der Waals surface area contributed by atoms with E-state index in [9.17, 15) is 18.4 Å². The average Bonchev–Trinajstić information content (AvgIpc) is 2.76. The van der Waals surface area contributed by atoms with E-state index in [2.05, 4.69) is 4.98 Å². The van der Waals surface area contributed by atoms with Crippen molar-refractivity contribution in [3.05, 3.63) is 62.4 Å². The highest BCUT2D eigenvalue weighted by Gasteiger charge is 2.25. The predicted molar refractivity (Wildman–Crippen MR) is 122 cm³/mol. The molecule has 1 N–H and O–H groups in total. The van der Waals surface area contributed by atoms with Crippen molar-refractivity contribution in [1.82, 2.24) is 14.1 Å². The molecule has 0 fully saturated rings. The first kappa shape index (κ1) is 24.6. The lowest BCUT2D eigenvalue weighted by molar-refractivity contribution is 0.0173. The molecule has 7 nitrogen and oxygen atoms in total. The van der Waals surface area contributed by atoms with Gasteiger partial charge < -0.3 is 9.84 Å². The Bertz CT molecular complexity index is 1260. The Morgan fingerprint density at radius 1 is 1.24 bits per heavy atom. The number of hydrogen-bond donors (Lipinski definition) is 1. The van der Waals surface area contributed by atoms with E-state index >= 15 is 0 Å². The standard InChI is InChI=1S/C24H29F2N3O4/c1-15(2)9-10-18-19(33-17-8-5-7-16(13-17)24(3,25)26)14-27-21-20(18)22(31)29(11-6-12-30)23(32)28(21)4/h5,7-8,13-15,30H,6,9-12H2,1-4H3. The van der Waals surface area contributed by atoms with Gasteiger partial charge in [0.15, 0.2) is 0 Å². The molecule has 0 aliphatic rings. The largest absolute Gasteiger partial charge is 0.455 e. The lowest BCUT2D eigenvalue weighted by Gasteiger charge is -2.17. The maximum absolute atomic E-state index is 13.8. The monoisotopic (exact) mass is 461 g/mol. The molecule has 0 atom stereocenters. The van der Waals surface area contributed by atoms with E-state index in [1.165, 1.54) is 36.0 Å². The molecule has 33 heavy (non-hydrogen) atoms. The van der Waals surface area contributed by atoms with Crippen LogP contribution in [0.25, 0.3) is 11.0 Å². The van der Waals surface area contributed by atoms with Crippen LogP contribution in [0, 0.1) is 5.92 Å². The number of halogens is 2. The molecule has 178 valence electrons. The third-order valence-electron chi connectivity index (χ3n) is 5.50. The van der Waals surface area contributed by atoms with Gasteiger partial charge in [-0.3, -0.25) is 13.9 Å². The SMILES string of the molecule is CC(C)CCc1c(Oc2cccc(C(C)(F)F)c2)cnc2c1c(=O)n(CCCO)c(=O)n2C. The number of rotatable bonds is 9. The maximum Gasteiger partial charge on any atom is 0.332 e. The molecule has 0 aliphatic carbocycles. The number of aryl methyl sites for hydroxylation is 2. The highest BCUT2D eigenvalue weighted by atomic mass is 19.3. The Morgan fingerprint density at radius 3 is 2.61 bits per heavy atom. The number of hydrogen-bond acceptors (Lipinski definition) is 5. The third kappa shape index (κ3) is 5.30. The van der Waals surface area contributed by atoms with Crippen LogP contribution in [0.4, 0.5) is 8.78 Å². The summed E-state index contributed by atoms with van der Waals surface area (Å²) in [7, 11) is 1.53. The zero-order valence-electron chi connectivity index (χ0n) is 19.3. The lowest BCUT2D eigenvalue weighted by atomic mass is 10.0. The second-order valence-corrected chi connectivity index (χ2v) is 8.63. The molecule has 0 radical (unpaired) electrons. The fraction of sp³-hybridized carbons (Fsp3) is 0.458. The van der Waals surface area contributed by atoms with Crippen LogP contribution in [0.15, 0.2) is 40.1 Å². The van der Waals surface area contributed by atoms with Crippen LogP contribution < -0.4 is 16.0 Å².